The molecule has 0 aromatic heterocycles. The summed E-state index contributed by atoms with van der Waals surface area (Å²) < 4.78 is 16.8. The molecule has 6 heteroatoms. The summed E-state index contributed by atoms with van der Waals surface area (Å²) in [5.41, 5.74) is 0. The number of ether oxygens (including phenoxy) is 3. The molecule has 0 amide bonds. The van der Waals surface area contributed by atoms with Gasteiger partial charge in [-0.25, -0.2) is 0 Å². The van der Waals surface area contributed by atoms with Gasteiger partial charge in [-0.15, -0.1) is 0 Å². The predicted molar refractivity (Wildman–Crippen MR) is 288 cm³/mol. The summed E-state index contributed by atoms with van der Waals surface area (Å²) >= 11 is 0. The van der Waals surface area contributed by atoms with Gasteiger partial charge in [-0.2, -0.15) is 0 Å². The minimum atomic E-state index is -0.807. The fourth-order valence-corrected chi connectivity index (χ4v) is 7.18. The van der Waals surface area contributed by atoms with E-state index in [1.54, 1.807) is 0 Å². The van der Waals surface area contributed by atoms with E-state index in [1.807, 2.05) is 0 Å². The molecule has 0 aliphatic rings. The van der Waals surface area contributed by atoms with Gasteiger partial charge >= 0.3 is 17.9 Å². The molecule has 0 aromatic carbocycles. The van der Waals surface area contributed by atoms with Crippen molar-refractivity contribution < 1.29 is 28.6 Å². The van der Waals surface area contributed by atoms with Gasteiger partial charge in [0.1, 0.15) is 13.2 Å². The Labute approximate surface area is 412 Å². The minimum absolute atomic E-state index is 0.102. The highest BCUT2D eigenvalue weighted by Crippen LogP contribution is 2.13. The smallest absolute Gasteiger partial charge is 0.306 e. The van der Waals surface area contributed by atoms with E-state index in [-0.39, 0.29) is 37.5 Å². The van der Waals surface area contributed by atoms with Crippen LogP contribution in [0.1, 0.15) is 239 Å². The van der Waals surface area contributed by atoms with E-state index in [9.17, 15) is 14.4 Å². The van der Waals surface area contributed by atoms with Gasteiger partial charge in [0.25, 0.3) is 0 Å². The van der Waals surface area contributed by atoms with Crippen LogP contribution < -0.4 is 0 Å². The lowest BCUT2D eigenvalue weighted by molar-refractivity contribution is -0.167. The Bertz CT molecular complexity index is 1390. The van der Waals surface area contributed by atoms with Crippen LogP contribution in [0.5, 0.6) is 0 Å². The van der Waals surface area contributed by atoms with Crippen molar-refractivity contribution in [3.8, 4) is 0 Å². The summed E-state index contributed by atoms with van der Waals surface area (Å²) in [4.78, 5) is 38.1. The Morgan fingerprint density at radius 3 is 0.925 bits per heavy atom. The van der Waals surface area contributed by atoms with Gasteiger partial charge in [-0.05, 0) is 122 Å². The molecular weight excluding hydrogens is 829 g/mol. The first-order valence-electron chi connectivity index (χ1n) is 27.4. The average molecular weight is 929 g/mol. The fourth-order valence-electron chi connectivity index (χ4n) is 7.18. The molecule has 0 aliphatic carbocycles. The maximum atomic E-state index is 12.8. The molecule has 0 N–H and O–H groups in total. The zero-order valence-electron chi connectivity index (χ0n) is 43.4. The average Bonchev–Trinajstić information content (AvgIpc) is 3.33. The SMILES string of the molecule is CC/C=C\C/C=C\C/C=C\C/C=C\CCCCCCC(=O)OC[C@H](COC(=O)CCCCCCC/C=C\CCCCCCCC)OC(=O)CCCCCC/C=C\C/C=C\C/C=C\C/C=C\CC. The molecule has 67 heavy (non-hydrogen) atoms. The lowest BCUT2D eigenvalue weighted by atomic mass is 10.1. The summed E-state index contributed by atoms with van der Waals surface area (Å²) in [7, 11) is 0. The summed E-state index contributed by atoms with van der Waals surface area (Å²) in [5.74, 6) is -0.960. The quantitative estimate of drug-likeness (QED) is 0.0262. The highest BCUT2D eigenvalue weighted by atomic mass is 16.6. The summed E-state index contributed by atoms with van der Waals surface area (Å²) in [6.07, 6.45) is 73.5. The number of carbonyl (C=O) groups is 3. The Kier molecular flexibility index (Phi) is 51.5. The van der Waals surface area contributed by atoms with Crippen molar-refractivity contribution in [2.45, 2.75) is 245 Å². The molecule has 1 atom stereocenters. The van der Waals surface area contributed by atoms with Crippen LogP contribution in [0, 0.1) is 0 Å². The number of hydrogen-bond donors (Lipinski definition) is 0. The van der Waals surface area contributed by atoms with Gasteiger partial charge in [-0.3, -0.25) is 14.4 Å². The maximum absolute atomic E-state index is 12.8. The number of rotatable bonds is 48. The van der Waals surface area contributed by atoms with Crippen molar-refractivity contribution in [3.63, 3.8) is 0 Å². The molecule has 0 fully saturated rings. The summed E-state index contributed by atoms with van der Waals surface area (Å²) in [6.45, 7) is 6.35. The van der Waals surface area contributed by atoms with E-state index in [4.69, 9.17) is 14.2 Å². The highest BCUT2D eigenvalue weighted by molar-refractivity contribution is 5.71. The highest BCUT2D eigenvalue weighted by Gasteiger charge is 2.19. The normalized spacial score (nSPS) is 12.9. The molecule has 0 spiro atoms. The molecule has 0 rings (SSSR count). The lowest BCUT2D eigenvalue weighted by Crippen LogP contribution is -2.30. The van der Waals surface area contributed by atoms with E-state index in [0.29, 0.717) is 12.8 Å². The molecule has 0 saturated carbocycles. The van der Waals surface area contributed by atoms with Gasteiger partial charge in [0, 0.05) is 19.3 Å². The zero-order chi connectivity index (χ0) is 48.6. The second-order valence-corrected chi connectivity index (χ2v) is 17.7. The van der Waals surface area contributed by atoms with E-state index in [0.717, 1.165) is 148 Å². The standard InChI is InChI=1S/C61H100O6/c1-4-7-10-13-16-19-22-25-28-30-33-36-39-42-45-48-51-54-60(63)66-57-58(56-65-59(62)53-50-47-44-41-38-35-32-27-24-21-18-15-12-9-6-3)67-61(64)55-52-49-46-43-40-37-34-31-29-26-23-20-17-14-11-8-5-2/h7-8,10-11,16-17,19-20,25-29,32-34,36-37,58H,4-6,9,12-15,18,21-24,30-31,35,38-57H2,1-3H3/b10-7-,11-8-,19-16-,20-17-,28-25-,29-26-,32-27-,36-33-,37-34-/t58-/m0/s1. The van der Waals surface area contributed by atoms with Crippen LogP contribution in [-0.2, 0) is 28.6 Å². The first kappa shape index (κ1) is 63.1. The van der Waals surface area contributed by atoms with Crippen molar-refractivity contribution in [1.82, 2.24) is 0 Å². The molecule has 0 aliphatic heterocycles. The third-order valence-electron chi connectivity index (χ3n) is 11.2. The van der Waals surface area contributed by atoms with Gasteiger partial charge in [0.05, 0.1) is 0 Å². The first-order chi connectivity index (χ1) is 33.0. The second-order valence-electron chi connectivity index (χ2n) is 17.7. The first-order valence-corrected chi connectivity index (χ1v) is 27.4. The van der Waals surface area contributed by atoms with E-state index >= 15 is 0 Å². The maximum Gasteiger partial charge on any atom is 0.306 e. The number of unbranched alkanes of at least 4 members (excludes halogenated alkanes) is 19. The lowest BCUT2D eigenvalue weighted by Gasteiger charge is -2.18. The van der Waals surface area contributed by atoms with Crippen molar-refractivity contribution >= 4 is 17.9 Å². The number of hydrogen-bond acceptors (Lipinski definition) is 6. The Hall–Kier alpha value is -3.93. The van der Waals surface area contributed by atoms with Crippen molar-refractivity contribution in [1.29, 1.82) is 0 Å². The molecule has 0 aromatic rings. The van der Waals surface area contributed by atoms with Crippen LogP contribution in [0.2, 0.25) is 0 Å². The topological polar surface area (TPSA) is 78.9 Å². The Balaban J connectivity index is 4.51. The second kappa shape index (κ2) is 54.7. The third-order valence-corrected chi connectivity index (χ3v) is 11.2. The molecule has 0 heterocycles. The molecular formula is C61H100O6. The number of allylic oxidation sites excluding steroid dienone is 18. The van der Waals surface area contributed by atoms with Crippen LogP contribution in [0.25, 0.3) is 0 Å². The molecule has 0 saturated heterocycles. The number of carbonyl (C=O) groups excluding carboxylic acids is 3. The van der Waals surface area contributed by atoms with E-state index < -0.39 is 6.10 Å². The van der Waals surface area contributed by atoms with Crippen LogP contribution in [0.4, 0.5) is 0 Å². The molecule has 380 valence electrons. The van der Waals surface area contributed by atoms with E-state index in [2.05, 4.69) is 130 Å². The van der Waals surface area contributed by atoms with Crippen molar-refractivity contribution in [2.24, 2.45) is 0 Å². The minimum Gasteiger partial charge on any atom is -0.462 e. The fraction of sp³-hybridized carbons (Fsp3) is 0.656. The van der Waals surface area contributed by atoms with Crippen LogP contribution in [0.3, 0.4) is 0 Å². The molecule has 0 bridgehead atoms. The largest absolute Gasteiger partial charge is 0.462 e. The molecule has 0 radical (unpaired) electrons. The van der Waals surface area contributed by atoms with Crippen LogP contribution in [0.15, 0.2) is 109 Å². The van der Waals surface area contributed by atoms with Crippen LogP contribution in [-0.4, -0.2) is 37.2 Å². The van der Waals surface area contributed by atoms with Crippen molar-refractivity contribution in [2.75, 3.05) is 13.2 Å². The predicted octanol–water partition coefficient (Wildman–Crippen LogP) is 18.3. The third kappa shape index (κ3) is 52.9. The monoisotopic (exact) mass is 929 g/mol. The zero-order valence-corrected chi connectivity index (χ0v) is 43.4. The Morgan fingerprint density at radius 1 is 0.313 bits per heavy atom. The van der Waals surface area contributed by atoms with Gasteiger partial charge in [0.15, 0.2) is 6.10 Å². The summed E-state index contributed by atoms with van der Waals surface area (Å²) in [6, 6.07) is 0. The molecule has 0 unspecified atom stereocenters. The van der Waals surface area contributed by atoms with Gasteiger partial charge in [-0.1, -0.05) is 207 Å². The van der Waals surface area contributed by atoms with Gasteiger partial charge in [0.2, 0.25) is 0 Å². The Morgan fingerprint density at radius 2 is 0.582 bits per heavy atom. The summed E-state index contributed by atoms with van der Waals surface area (Å²) in [5, 5.41) is 0. The van der Waals surface area contributed by atoms with Crippen LogP contribution >= 0.6 is 0 Å². The molecule has 6 nitrogen and oxygen atoms in total. The van der Waals surface area contributed by atoms with Crippen molar-refractivity contribution in [3.05, 3.63) is 109 Å². The number of esters is 3. The van der Waals surface area contributed by atoms with Gasteiger partial charge < -0.3 is 14.2 Å². The van der Waals surface area contributed by atoms with E-state index in [1.165, 1.54) is 51.4 Å².